The average molecular weight is 300 g/mol. The van der Waals surface area contributed by atoms with Gasteiger partial charge in [0.25, 0.3) is 0 Å². The smallest absolute Gasteiger partial charge is 0.410 e. The maximum Gasteiger partial charge on any atom is 0.410 e. The number of likely N-dealkylation sites (tertiary alicyclic amines) is 1. The maximum absolute atomic E-state index is 12.1. The summed E-state index contributed by atoms with van der Waals surface area (Å²) in [6.07, 6.45) is 1.42. The van der Waals surface area contributed by atoms with Crippen LogP contribution in [-0.2, 0) is 4.74 Å². The summed E-state index contributed by atoms with van der Waals surface area (Å²) in [6, 6.07) is 0.513. The van der Waals surface area contributed by atoms with Crippen molar-refractivity contribution in [3.63, 3.8) is 0 Å². The number of aliphatic hydroxyl groups is 1. The fourth-order valence-electron chi connectivity index (χ4n) is 2.57. The van der Waals surface area contributed by atoms with E-state index in [2.05, 4.69) is 26.1 Å². The highest BCUT2D eigenvalue weighted by Crippen LogP contribution is 2.24. The summed E-state index contributed by atoms with van der Waals surface area (Å²) in [5.41, 5.74) is -0.366. The Morgan fingerprint density at radius 1 is 1.33 bits per heavy atom. The molecule has 1 rings (SSSR count). The first-order valence-electron chi connectivity index (χ1n) is 7.88. The van der Waals surface area contributed by atoms with Crippen LogP contribution in [0, 0.1) is 5.41 Å². The summed E-state index contributed by atoms with van der Waals surface area (Å²) in [5, 5.41) is 12.8. The molecule has 5 nitrogen and oxygen atoms in total. The van der Waals surface area contributed by atoms with Gasteiger partial charge in [-0.1, -0.05) is 20.8 Å². The Kier molecular flexibility index (Phi) is 6.05. The van der Waals surface area contributed by atoms with Gasteiger partial charge in [0.2, 0.25) is 0 Å². The number of aliphatic hydroxyl groups excluding tert-OH is 1. The normalized spacial score (nSPS) is 21.5. The fourth-order valence-corrected chi connectivity index (χ4v) is 2.57. The van der Waals surface area contributed by atoms with E-state index in [1.54, 1.807) is 4.90 Å². The molecular weight excluding hydrogens is 268 g/mol. The quantitative estimate of drug-likeness (QED) is 0.837. The molecule has 124 valence electrons. The van der Waals surface area contributed by atoms with Crippen LogP contribution in [-0.4, -0.2) is 53.5 Å². The van der Waals surface area contributed by atoms with Gasteiger partial charge in [-0.05, 0) is 39.0 Å². The first kappa shape index (κ1) is 18.2. The van der Waals surface area contributed by atoms with Crippen LogP contribution in [0.2, 0.25) is 0 Å². The number of carbonyl (C=O) groups is 1. The molecule has 1 heterocycles. The lowest BCUT2D eigenvalue weighted by Crippen LogP contribution is -2.47. The van der Waals surface area contributed by atoms with Crippen molar-refractivity contribution in [2.45, 2.75) is 72.1 Å². The molecular formula is C16H32N2O3. The molecule has 0 aromatic heterocycles. The number of carbonyl (C=O) groups excluding carboxylic acids is 1. The predicted molar refractivity (Wildman–Crippen MR) is 84.3 cm³/mol. The first-order valence-corrected chi connectivity index (χ1v) is 7.88. The summed E-state index contributed by atoms with van der Waals surface area (Å²) in [5.74, 6) is 0. The molecule has 0 spiro atoms. The Labute approximate surface area is 129 Å². The van der Waals surface area contributed by atoms with Crippen molar-refractivity contribution in [1.82, 2.24) is 10.2 Å². The third kappa shape index (κ3) is 6.22. The van der Waals surface area contributed by atoms with E-state index >= 15 is 0 Å². The SMILES string of the molecule is CC(C)(C)OC(=O)N1CC[C@@H](N[C@@H](CCO)C(C)(C)C)C1. The average Bonchev–Trinajstić information content (AvgIpc) is 2.73. The highest BCUT2D eigenvalue weighted by molar-refractivity contribution is 5.68. The second-order valence-electron chi connectivity index (χ2n) is 8.01. The molecule has 0 unspecified atom stereocenters. The van der Waals surface area contributed by atoms with Crippen molar-refractivity contribution in [3.8, 4) is 0 Å². The minimum atomic E-state index is -0.451. The number of hydrogen-bond donors (Lipinski definition) is 2. The molecule has 2 atom stereocenters. The lowest BCUT2D eigenvalue weighted by Gasteiger charge is -2.33. The lowest BCUT2D eigenvalue weighted by molar-refractivity contribution is 0.0289. The van der Waals surface area contributed by atoms with E-state index in [1.165, 1.54) is 0 Å². The molecule has 0 aromatic carbocycles. The number of nitrogens with one attached hydrogen (secondary N) is 1. The number of nitrogens with zero attached hydrogens (tertiary/aromatic N) is 1. The van der Waals surface area contributed by atoms with Gasteiger partial charge in [0.15, 0.2) is 0 Å². The topological polar surface area (TPSA) is 61.8 Å². The molecule has 0 radical (unpaired) electrons. The molecule has 0 aromatic rings. The zero-order valence-corrected chi connectivity index (χ0v) is 14.4. The minimum Gasteiger partial charge on any atom is -0.444 e. The van der Waals surface area contributed by atoms with Gasteiger partial charge in [-0.25, -0.2) is 4.79 Å². The number of hydrogen-bond acceptors (Lipinski definition) is 4. The van der Waals surface area contributed by atoms with Crippen molar-refractivity contribution in [1.29, 1.82) is 0 Å². The highest BCUT2D eigenvalue weighted by Gasteiger charge is 2.33. The van der Waals surface area contributed by atoms with E-state index in [0.29, 0.717) is 6.54 Å². The van der Waals surface area contributed by atoms with Crippen LogP contribution in [0.5, 0.6) is 0 Å². The molecule has 0 aliphatic carbocycles. The second kappa shape index (κ2) is 6.97. The molecule has 21 heavy (non-hydrogen) atoms. The van der Waals surface area contributed by atoms with E-state index < -0.39 is 5.60 Å². The Hall–Kier alpha value is -0.810. The van der Waals surface area contributed by atoms with Crippen LogP contribution in [0.1, 0.15) is 54.4 Å². The van der Waals surface area contributed by atoms with Crippen LogP contribution in [0.15, 0.2) is 0 Å². The Balaban J connectivity index is 2.52. The van der Waals surface area contributed by atoms with Gasteiger partial charge in [0.05, 0.1) is 0 Å². The molecule has 0 bridgehead atoms. The summed E-state index contributed by atoms with van der Waals surface area (Å²) < 4.78 is 5.41. The monoisotopic (exact) mass is 300 g/mol. The summed E-state index contributed by atoms with van der Waals surface area (Å²) in [7, 11) is 0. The zero-order chi connectivity index (χ0) is 16.3. The molecule has 0 saturated carbocycles. The van der Waals surface area contributed by atoms with Gasteiger partial charge in [-0.15, -0.1) is 0 Å². The Morgan fingerprint density at radius 2 is 1.95 bits per heavy atom. The van der Waals surface area contributed by atoms with Crippen LogP contribution in [0.3, 0.4) is 0 Å². The third-order valence-corrected chi connectivity index (χ3v) is 3.74. The van der Waals surface area contributed by atoms with Gasteiger partial charge in [-0.2, -0.15) is 0 Å². The summed E-state index contributed by atoms with van der Waals surface area (Å²) in [6.45, 7) is 13.7. The standard InChI is InChI=1S/C16H32N2O3/c1-15(2,3)13(8-10-19)17-12-7-9-18(11-12)14(20)21-16(4,5)6/h12-13,17,19H,7-11H2,1-6H3/t12-,13+/m1/s1. The van der Waals surface area contributed by atoms with Crippen LogP contribution in [0.25, 0.3) is 0 Å². The molecule has 5 heteroatoms. The molecule has 1 amide bonds. The van der Waals surface area contributed by atoms with Crippen molar-refractivity contribution < 1.29 is 14.6 Å². The van der Waals surface area contributed by atoms with Gasteiger partial charge < -0.3 is 20.1 Å². The van der Waals surface area contributed by atoms with Crippen molar-refractivity contribution >= 4 is 6.09 Å². The number of ether oxygens (including phenoxy) is 1. The lowest BCUT2D eigenvalue weighted by atomic mass is 9.84. The van der Waals surface area contributed by atoms with Crippen molar-refractivity contribution in [2.24, 2.45) is 5.41 Å². The van der Waals surface area contributed by atoms with E-state index in [9.17, 15) is 9.90 Å². The maximum atomic E-state index is 12.1. The van der Waals surface area contributed by atoms with Crippen LogP contribution >= 0.6 is 0 Å². The first-order chi connectivity index (χ1) is 9.53. The minimum absolute atomic E-state index is 0.0854. The third-order valence-electron chi connectivity index (χ3n) is 3.74. The molecule has 2 N–H and O–H groups in total. The predicted octanol–water partition coefficient (Wildman–Crippen LogP) is 2.38. The summed E-state index contributed by atoms with van der Waals surface area (Å²) >= 11 is 0. The van der Waals surface area contributed by atoms with E-state index in [0.717, 1.165) is 19.4 Å². The van der Waals surface area contributed by atoms with E-state index in [4.69, 9.17) is 4.74 Å². The second-order valence-corrected chi connectivity index (χ2v) is 8.01. The van der Waals surface area contributed by atoms with Crippen LogP contribution in [0.4, 0.5) is 4.79 Å². The molecule has 1 aliphatic rings. The van der Waals surface area contributed by atoms with Crippen molar-refractivity contribution in [3.05, 3.63) is 0 Å². The van der Waals surface area contributed by atoms with Gasteiger partial charge in [-0.3, -0.25) is 0 Å². The zero-order valence-electron chi connectivity index (χ0n) is 14.4. The summed E-state index contributed by atoms with van der Waals surface area (Å²) in [4.78, 5) is 13.8. The largest absolute Gasteiger partial charge is 0.444 e. The van der Waals surface area contributed by atoms with Crippen LogP contribution < -0.4 is 5.32 Å². The molecule has 1 saturated heterocycles. The highest BCUT2D eigenvalue weighted by atomic mass is 16.6. The molecule has 1 aliphatic heterocycles. The van der Waals surface area contributed by atoms with E-state index in [-0.39, 0.29) is 30.2 Å². The molecule has 1 fully saturated rings. The number of rotatable bonds is 4. The van der Waals surface area contributed by atoms with Crippen molar-refractivity contribution in [2.75, 3.05) is 19.7 Å². The van der Waals surface area contributed by atoms with Gasteiger partial charge >= 0.3 is 6.09 Å². The van der Waals surface area contributed by atoms with Gasteiger partial charge in [0, 0.05) is 31.8 Å². The van der Waals surface area contributed by atoms with Gasteiger partial charge in [0.1, 0.15) is 5.60 Å². The van der Waals surface area contributed by atoms with E-state index in [1.807, 2.05) is 20.8 Å². The fraction of sp³-hybridized carbons (Fsp3) is 0.938. The Morgan fingerprint density at radius 3 is 2.43 bits per heavy atom. The Bertz CT molecular complexity index is 344. The number of amides is 1.